The summed E-state index contributed by atoms with van der Waals surface area (Å²) in [5.41, 5.74) is 0.285. The molecule has 0 saturated carbocycles. The van der Waals surface area contributed by atoms with E-state index in [1.165, 1.54) is 25.3 Å². The van der Waals surface area contributed by atoms with Crippen molar-refractivity contribution in [3.63, 3.8) is 0 Å². The first-order valence-corrected chi connectivity index (χ1v) is 9.20. The number of benzene rings is 1. The predicted molar refractivity (Wildman–Crippen MR) is 102 cm³/mol. The van der Waals surface area contributed by atoms with E-state index in [4.69, 9.17) is 9.47 Å². The largest absolute Gasteiger partial charge is 0.493 e. The van der Waals surface area contributed by atoms with E-state index in [2.05, 4.69) is 10.6 Å². The summed E-state index contributed by atoms with van der Waals surface area (Å²) in [6.45, 7) is -1.09. The van der Waals surface area contributed by atoms with Crippen molar-refractivity contribution >= 4 is 23.1 Å². The first-order chi connectivity index (χ1) is 13.2. The van der Waals surface area contributed by atoms with Crippen molar-refractivity contribution in [3.8, 4) is 11.5 Å². The molecule has 2 amide bonds. The van der Waals surface area contributed by atoms with E-state index in [0.29, 0.717) is 6.54 Å². The number of nitrogens with one attached hydrogen (secondary N) is 2. The van der Waals surface area contributed by atoms with Crippen molar-refractivity contribution in [1.29, 1.82) is 0 Å². The second-order valence-electron chi connectivity index (χ2n) is 6.10. The van der Waals surface area contributed by atoms with Gasteiger partial charge in [0.15, 0.2) is 18.1 Å². The molecule has 154 valence electrons. The predicted octanol–water partition coefficient (Wildman–Crippen LogP) is 4.12. The molecule has 0 fully saturated rings. The second-order valence-corrected chi connectivity index (χ2v) is 7.08. The summed E-state index contributed by atoms with van der Waals surface area (Å²) in [6.07, 6.45) is -4.48. The summed E-state index contributed by atoms with van der Waals surface area (Å²) >= 11 is 1.59. The van der Waals surface area contributed by atoms with Gasteiger partial charge in [-0.15, -0.1) is 11.3 Å². The highest BCUT2D eigenvalue weighted by atomic mass is 32.1. The van der Waals surface area contributed by atoms with Gasteiger partial charge in [0, 0.05) is 23.2 Å². The standard InChI is InChI=1S/C18H22F3N3O3S/c1-24(2)13(16-5-4-8-28-16)10-22-17(25)23-12-6-7-14(26-3)15(9-12)27-11-18(19,20)21/h4-9,13H,10-11H2,1-3H3,(H2,22,23,25). The summed E-state index contributed by atoms with van der Waals surface area (Å²) in [5, 5.41) is 7.32. The number of thiophene rings is 1. The van der Waals surface area contributed by atoms with Crippen molar-refractivity contribution in [2.75, 3.05) is 39.7 Å². The third kappa shape index (κ3) is 6.61. The molecule has 1 aromatic heterocycles. The molecule has 0 spiro atoms. The van der Waals surface area contributed by atoms with Gasteiger partial charge < -0.3 is 25.0 Å². The highest BCUT2D eigenvalue weighted by molar-refractivity contribution is 7.10. The topological polar surface area (TPSA) is 62.8 Å². The smallest absolute Gasteiger partial charge is 0.422 e. The zero-order chi connectivity index (χ0) is 20.7. The minimum Gasteiger partial charge on any atom is -0.493 e. The normalized spacial score (nSPS) is 12.5. The molecule has 1 unspecified atom stereocenters. The van der Waals surface area contributed by atoms with Crippen LogP contribution in [0.25, 0.3) is 0 Å². The van der Waals surface area contributed by atoms with Crippen molar-refractivity contribution in [2.24, 2.45) is 0 Å². The van der Waals surface area contributed by atoms with Crippen LogP contribution in [0.2, 0.25) is 0 Å². The van der Waals surface area contributed by atoms with Gasteiger partial charge in [-0.3, -0.25) is 0 Å². The number of rotatable bonds is 8. The van der Waals surface area contributed by atoms with Gasteiger partial charge in [-0.2, -0.15) is 13.2 Å². The minimum absolute atomic E-state index is 0.00676. The number of halogens is 3. The van der Waals surface area contributed by atoms with E-state index in [0.717, 1.165) is 4.88 Å². The third-order valence-corrected chi connectivity index (χ3v) is 4.74. The Morgan fingerprint density at radius 3 is 2.57 bits per heavy atom. The lowest BCUT2D eigenvalue weighted by atomic mass is 10.2. The molecule has 1 atom stereocenters. The van der Waals surface area contributed by atoms with Crippen LogP contribution in [0.1, 0.15) is 10.9 Å². The molecule has 0 radical (unpaired) electrons. The van der Waals surface area contributed by atoms with Crippen molar-refractivity contribution in [2.45, 2.75) is 12.2 Å². The fourth-order valence-corrected chi connectivity index (χ4v) is 3.33. The van der Waals surface area contributed by atoms with E-state index in [9.17, 15) is 18.0 Å². The van der Waals surface area contributed by atoms with Crippen molar-refractivity contribution in [1.82, 2.24) is 10.2 Å². The SMILES string of the molecule is COc1ccc(NC(=O)NCC(c2cccs2)N(C)C)cc1OCC(F)(F)F. The number of anilines is 1. The van der Waals surface area contributed by atoms with Crippen LogP contribution in [0.4, 0.5) is 23.7 Å². The number of hydrogen-bond acceptors (Lipinski definition) is 5. The van der Waals surface area contributed by atoms with E-state index >= 15 is 0 Å². The highest BCUT2D eigenvalue weighted by Gasteiger charge is 2.29. The monoisotopic (exact) mass is 417 g/mol. The van der Waals surface area contributed by atoms with Gasteiger partial charge in [0.05, 0.1) is 13.2 Å². The third-order valence-electron chi connectivity index (χ3n) is 3.76. The molecule has 28 heavy (non-hydrogen) atoms. The fourth-order valence-electron chi connectivity index (χ4n) is 2.41. The maximum Gasteiger partial charge on any atom is 0.422 e. The Hall–Kier alpha value is -2.46. The summed E-state index contributed by atoms with van der Waals surface area (Å²) in [4.78, 5) is 15.3. The molecule has 2 N–H and O–H groups in total. The molecular formula is C18H22F3N3O3S. The van der Waals surface area contributed by atoms with Gasteiger partial charge in [-0.1, -0.05) is 6.07 Å². The molecule has 0 aliphatic carbocycles. The van der Waals surface area contributed by atoms with Gasteiger partial charge in [-0.05, 0) is 37.7 Å². The van der Waals surface area contributed by atoms with E-state index in [-0.39, 0.29) is 23.2 Å². The fraction of sp³-hybridized carbons (Fsp3) is 0.389. The van der Waals surface area contributed by atoms with Crippen molar-refractivity contribution < 1.29 is 27.4 Å². The summed E-state index contributed by atoms with van der Waals surface area (Å²) in [7, 11) is 5.15. The van der Waals surface area contributed by atoms with Gasteiger partial charge in [0.2, 0.25) is 0 Å². The Morgan fingerprint density at radius 2 is 2.00 bits per heavy atom. The van der Waals surface area contributed by atoms with Gasteiger partial charge in [0.25, 0.3) is 0 Å². The zero-order valence-corrected chi connectivity index (χ0v) is 16.5. The Labute approximate surface area is 165 Å². The maximum absolute atomic E-state index is 12.4. The molecular weight excluding hydrogens is 395 g/mol. The first-order valence-electron chi connectivity index (χ1n) is 8.32. The van der Waals surface area contributed by atoms with Crippen LogP contribution in [0.15, 0.2) is 35.7 Å². The van der Waals surface area contributed by atoms with Crippen LogP contribution in [-0.4, -0.2) is 51.5 Å². The molecule has 1 heterocycles. The molecule has 0 bridgehead atoms. The second kappa shape index (κ2) is 9.65. The van der Waals surface area contributed by atoms with Gasteiger partial charge >= 0.3 is 12.2 Å². The Morgan fingerprint density at radius 1 is 1.25 bits per heavy atom. The minimum atomic E-state index is -4.48. The number of amides is 2. The van der Waals surface area contributed by atoms with E-state index in [1.807, 2.05) is 36.5 Å². The molecule has 2 aromatic rings. The lowest BCUT2D eigenvalue weighted by Crippen LogP contribution is -2.36. The van der Waals surface area contributed by atoms with Crippen LogP contribution < -0.4 is 20.1 Å². The Bertz CT molecular complexity index is 767. The quantitative estimate of drug-likeness (QED) is 0.678. The van der Waals surface area contributed by atoms with Crippen LogP contribution in [0.3, 0.4) is 0 Å². The number of methoxy groups -OCH3 is 1. The first kappa shape index (κ1) is 21.8. The van der Waals surface area contributed by atoms with E-state index in [1.54, 1.807) is 11.3 Å². The number of likely N-dealkylation sites (N-methyl/N-ethyl adjacent to an activating group) is 1. The molecule has 6 nitrogen and oxygen atoms in total. The van der Waals surface area contributed by atoms with Crippen LogP contribution >= 0.6 is 11.3 Å². The zero-order valence-electron chi connectivity index (χ0n) is 15.7. The molecule has 0 aliphatic rings. The number of alkyl halides is 3. The average molecular weight is 417 g/mol. The summed E-state index contributed by atoms with van der Waals surface area (Å²) in [5.74, 6) is 0.0305. The van der Waals surface area contributed by atoms with Crippen molar-refractivity contribution in [3.05, 3.63) is 40.6 Å². The molecule has 0 saturated heterocycles. The maximum atomic E-state index is 12.4. The van der Waals surface area contributed by atoms with Gasteiger partial charge in [0.1, 0.15) is 0 Å². The number of carbonyl (C=O) groups is 1. The molecule has 10 heteroatoms. The van der Waals surface area contributed by atoms with E-state index < -0.39 is 18.8 Å². The average Bonchev–Trinajstić information content (AvgIpc) is 3.13. The lowest BCUT2D eigenvalue weighted by molar-refractivity contribution is -0.153. The van der Waals surface area contributed by atoms with Gasteiger partial charge in [-0.25, -0.2) is 4.79 Å². The van der Waals surface area contributed by atoms with Crippen LogP contribution in [0.5, 0.6) is 11.5 Å². The highest BCUT2D eigenvalue weighted by Crippen LogP contribution is 2.31. The molecule has 2 rings (SSSR count). The Kier molecular flexibility index (Phi) is 7.53. The number of nitrogens with zero attached hydrogens (tertiary/aromatic N) is 1. The van der Waals surface area contributed by atoms with Crippen LogP contribution in [-0.2, 0) is 0 Å². The Balaban J connectivity index is 1.99. The molecule has 1 aromatic carbocycles. The summed E-state index contributed by atoms with van der Waals surface area (Å²) in [6, 6.07) is 7.69. The number of carbonyl (C=O) groups excluding carboxylic acids is 1. The number of urea groups is 1. The molecule has 0 aliphatic heterocycles. The summed E-state index contributed by atoms with van der Waals surface area (Å²) < 4.78 is 46.9. The van der Waals surface area contributed by atoms with Crippen LogP contribution in [0, 0.1) is 0 Å². The lowest BCUT2D eigenvalue weighted by Gasteiger charge is -2.23. The number of ether oxygens (including phenoxy) is 2. The number of hydrogen-bond donors (Lipinski definition) is 2.